The Labute approximate surface area is 105 Å². The highest BCUT2D eigenvalue weighted by atomic mass is 32.2. The van der Waals surface area contributed by atoms with Gasteiger partial charge in [-0.25, -0.2) is 0 Å². The van der Waals surface area contributed by atoms with E-state index < -0.39 is 0 Å². The van der Waals surface area contributed by atoms with Crippen molar-refractivity contribution in [1.82, 2.24) is 10.2 Å². The smallest absolute Gasteiger partial charge is 0.208 e. The highest BCUT2D eigenvalue weighted by Gasteiger charge is 2.08. The van der Waals surface area contributed by atoms with Gasteiger partial charge in [0.2, 0.25) is 5.13 Å². The molecule has 0 fully saturated rings. The van der Waals surface area contributed by atoms with Gasteiger partial charge in [0.25, 0.3) is 0 Å². The average Bonchev–Trinajstić information content (AvgIpc) is 2.87. The van der Waals surface area contributed by atoms with Crippen molar-refractivity contribution in [2.75, 3.05) is 19.0 Å². The van der Waals surface area contributed by atoms with Crippen LogP contribution < -0.4 is 4.90 Å². The van der Waals surface area contributed by atoms with Crippen LogP contribution in [0, 0.1) is 0 Å². The van der Waals surface area contributed by atoms with Crippen LogP contribution in [0.15, 0.2) is 20.7 Å². The summed E-state index contributed by atoms with van der Waals surface area (Å²) in [5, 5.41) is 11.0. The van der Waals surface area contributed by atoms with Crippen LogP contribution in [0.4, 0.5) is 5.13 Å². The zero-order valence-electron chi connectivity index (χ0n) is 8.71. The Bertz CT molecular complexity index is 492. The lowest BCUT2D eigenvalue weighted by atomic mass is 10.5. The molecule has 0 radical (unpaired) electrons. The van der Waals surface area contributed by atoms with Gasteiger partial charge in [0.1, 0.15) is 0 Å². The molecule has 84 valence electrons. The van der Waals surface area contributed by atoms with Crippen molar-refractivity contribution in [1.29, 1.82) is 0 Å². The second kappa shape index (κ2) is 4.94. The normalized spacial score (nSPS) is 10.4. The number of anilines is 1. The molecule has 0 aliphatic rings. The zero-order valence-corrected chi connectivity index (χ0v) is 11.2. The summed E-state index contributed by atoms with van der Waals surface area (Å²) in [5.41, 5.74) is 0. The second-order valence-corrected chi connectivity index (χ2v) is 6.37. The number of hydrogen-bond acceptors (Lipinski definition) is 7. The number of aldehydes is 1. The number of hydrogen-bond donors (Lipinski definition) is 0. The summed E-state index contributed by atoms with van der Waals surface area (Å²) < 4.78 is 0.888. The van der Waals surface area contributed by atoms with Crippen LogP contribution >= 0.6 is 34.4 Å². The van der Waals surface area contributed by atoms with Gasteiger partial charge in [0.15, 0.2) is 10.6 Å². The van der Waals surface area contributed by atoms with Gasteiger partial charge in [-0.05, 0) is 6.07 Å². The Morgan fingerprint density at radius 3 is 2.81 bits per heavy atom. The molecule has 2 aromatic heterocycles. The minimum atomic E-state index is 0.736. The molecule has 0 saturated carbocycles. The lowest BCUT2D eigenvalue weighted by molar-refractivity contribution is 0.112. The van der Waals surface area contributed by atoms with E-state index in [0.717, 1.165) is 25.5 Å². The molecule has 2 rings (SSSR count). The van der Waals surface area contributed by atoms with Crippen LogP contribution in [0.2, 0.25) is 0 Å². The summed E-state index contributed by atoms with van der Waals surface area (Å²) in [4.78, 5) is 14.2. The van der Waals surface area contributed by atoms with Crippen molar-refractivity contribution in [2.45, 2.75) is 9.24 Å². The van der Waals surface area contributed by atoms with Crippen LogP contribution in [0.25, 0.3) is 0 Å². The Balaban J connectivity index is 2.11. The molecule has 0 unspecified atom stereocenters. The first kappa shape index (κ1) is 11.6. The predicted octanol–water partition coefficient (Wildman–Crippen LogP) is 2.63. The Morgan fingerprint density at radius 1 is 1.44 bits per heavy atom. The first-order valence-corrected chi connectivity index (χ1v) is 6.92. The van der Waals surface area contributed by atoms with Crippen molar-refractivity contribution in [3.05, 3.63) is 16.3 Å². The summed E-state index contributed by atoms with van der Waals surface area (Å²) in [5.74, 6) is 0. The second-order valence-electron chi connectivity index (χ2n) is 3.15. The third kappa shape index (κ3) is 2.60. The zero-order chi connectivity index (χ0) is 11.5. The maximum Gasteiger partial charge on any atom is 0.208 e. The van der Waals surface area contributed by atoms with E-state index >= 15 is 0 Å². The summed E-state index contributed by atoms with van der Waals surface area (Å²) >= 11 is 4.51. The van der Waals surface area contributed by atoms with Gasteiger partial charge >= 0.3 is 0 Å². The highest BCUT2D eigenvalue weighted by Crippen LogP contribution is 2.34. The van der Waals surface area contributed by atoms with Crippen molar-refractivity contribution >= 4 is 45.9 Å². The third-order valence-electron chi connectivity index (χ3n) is 1.70. The van der Waals surface area contributed by atoms with Gasteiger partial charge < -0.3 is 4.90 Å². The molecular formula is C9H9N3OS3. The number of rotatable bonds is 4. The molecule has 0 aliphatic heterocycles. The molecule has 2 heterocycles. The van der Waals surface area contributed by atoms with E-state index in [-0.39, 0.29) is 0 Å². The van der Waals surface area contributed by atoms with Crippen LogP contribution in [0.5, 0.6) is 0 Å². The number of aromatic nitrogens is 2. The number of thiophene rings is 1. The highest BCUT2D eigenvalue weighted by molar-refractivity contribution is 8.01. The van der Waals surface area contributed by atoms with Crippen molar-refractivity contribution in [2.24, 2.45) is 0 Å². The molecule has 0 saturated heterocycles. The van der Waals surface area contributed by atoms with Gasteiger partial charge in [0, 0.05) is 24.4 Å². The molecule has 2 aromatic rings. The molecule has 16 heavy (non-hydrogen) atoms. The van der Waals surface area contributed by atoms with E-state index in [2.05, 4.69) is 10.2 Å². The molecule has 0 atom stereocenters. The lowest BCUT2D eigenvalue weighted by Crippen LogP contribution is -2.07. The monoisotopic (exact) mass is 271 g/mol. The molecule has 0 aromatic carbocycles. The molecule has 7 heteroatoms. The standard InChI is InChI=1S/C9H9N3OS3/c1-12(2)8-10-11-9(16-8)15-7-3-6(4-13)14-5-7/h3-5H,1-2H3. The third-order valence-corrected chi connectivity index (χ3v) is 4.82. The fraction of sp³-hybridized carbons (Fsp3) is 0.222. The topological polar surface area (TPSA) is 46.1 Å². The van der Waals surface area contributed by atoms with E-state index in [1.165, 1.54) is 34.4 Å². The summed E-state index contributed by atoms with van der Waals surface area (Å²) in [7, 11) is 3.87. The van der Waals surface area contributed by atoms with Crippen LogP contribution in [0.1, 0.15) is 9.67 Å². The van der Waals surface area contributed by atoms with Gasteiger partial charge in [-0.2, -0.15) is 0 Å². The van der Waals surface area contributed by atoms with Crippen molar-refractivity contribution in [3.8, 4) is 0 Å². The van der Waals surface area contributed by atoms with E-state index in [1.54, 1.807) is 0 Å². The Kier molecular flexibility index (Phi) is 3.57. The van der Waals surface area contributed by atoms with Crippen LogP contribution in [-0.4, -0.2) is 30.6 Å². The first-order valence-electron chi connectivity index (χ1n) is 4.41. The molecule has 0 N–H and O–H groups in total. The Hall–Kier alpha value is -0.920. The van der Waals surface area contributed by atoms with Crippen molar-refractivity contribution in [3.63, 3.8) is 0 Å². The SMILES string of the molecule is CN(C)c1nnc(Sc2csc(C=O)c2)s1. The predicted molar refractivity (Wildman–Crippen MR) is 68.1 cm³/mol. The number of carbonyl (C=O) groups excluding carboxylic acids is 1. The number of nitrogens with zero attached hydrogens (tertiary/aromatic N) is 3. The van der Waals surface area contributed by atoms with Gasteiger partial charge in [0.05, 0.1) is 4.88 Å². The number of carbonyl (C=O) groups is 1. The van der Waals surface area contributed by atoms with Crippen LogP contribution in [0.3, 0.4) is 0 Å². The maximum atomic E-state index is 10.5. The van der Waals surface area contributed by atoms with E-state index in [4.69, 9.17) is 0 Å². The minimum Gasteiger partial charge on any atom is -0.353 e. The average molecular weight is 271 g/mol. The van der Waals surface area contributed by atoms with Crippen molar-refractivity contribution < 1.29 is 4.79 Å². The molecule has 0 amide bonds. The van der Waals surface area contributed by atoms with E-state index in [1.807, 2.05) is 30.4 Å². The Morgan fingerprint density at radius 2 is 2.25 bits per heavy atom. The van der Waals surface area contributed by atoms with Gasteiger partial charge in [-0.1, -0.05) is 23.1 Å². The molecule has 0 aliphatic carbocycles. The minimum absolute atomic E-state index is 0.736. The van der Waals surface area contributed by atoms with E-state index in [0.29, 0.717) is 0 Å². The van der Waals surface area contributed by atoms with E-state index in [9.17, 15) is 4.79 Å². The summed E-state index contributed by atoms with van der Waals surface area (Å²) in [6, 6.07) is 1.86. The van der Waals surface area contributed by atoms with Gasteiger partial charge in [-0.3, -0.25) is 4.79 Å². The van der Waals surface area contributed by atoms with Crippen LogP contribution in [-0.2, 0) is 0 Å². The molecule has 0 spiro atoms. The molecular weight excluding hydrogens is 262 g/mol. The fourth-order valence-corrected chi connectivity index (χ4v) is 3.61. The molecule has 0 bridgehead atoms. The van der Waals surface area contributed by atoms with Gasteiger partial charge in [-0.15, -0.1) is 21.5 Å². The maximum absolute atomic E-state index is 10.5. The quantitative estimate of drug-likeness (QED) is 0.800. The first-order chi connectivity index (χ1) is 7.69. The summed E-state index contributed by atoms with van der Waals surface area (Å²) in [6.45, 7) is 0. The lowest BCUT2D eigenvalue weighted by Gasteiger charge is -2.03. The molecule has 4 nitrogen and oxygen atoms in total. The fourth-order valence-electron chi connectivity index (χ4n) is 0.975. The largest absolute Gasteiger partial charge is 0.353 e. The summed E-state index contributed by atoms with van der Waals surface area (Å²) in [6.07, 6.45) is 0.861.